The number of rotatable bonds is 6. The minimum absolute atomic E-state index is 0.0406. The van der Waals surface area contributed by atoms with Crippen LogP contribution in [0.1, 0.15) is 16.7 Å². The summed E-state index contributed by atoms with van der Waals surface area (Å²) in [5.41, 5.74) is 3.76. The maximum absolute atomic E-state index is 12.6. The van der Waals surface area contributed by atoms with Crippen LogP contribution in [0.4, 0.5) is 5.69 Å². The zero-order chi connectivity index (χ0) is 22.4. The molecule has 0 saturated carbocycles. The lowest BCUT2D eigenvalue weighted by atomic mass is 10.1. The normalized spacial score (nSPS) is 11.0. The average molecular weight is 746 g/mol. The van der Waals surface area contributed by atoms with Crippen molar-refractivity contribution in [3.8, 4) is 11.8 Å². The Morgan fingerprint density at radius 3 is 2.42 bits per heavy atom. The van der Waals surface area contributed by atoms with E-state index in [2.05, 4.69) is 92.1 Å². The Morgan fingerprint density at radius 2 is 1.77 bits per heavy atom. The van der Waals surface area contributed by atoms with Crippen molar-refractivity contribution in [1.29, 1.82) is 5.26 Å². The smallest absolute Gasteiger partial charge is 0.266 e. The van der Waals surface area contributed by atoms with Gasteiger partial charge in [-0.2, -0.15) is 5.26 Å². The van der Waals surface area contributed by atoms with E-state index >= 15 is 0 Å². The van der Waals surface area contributed by atoms with Gasteiger partial charge >= 0.3 is 0 Å². The van der Waals surface area contributed by atoms with Gasteiger partial charge in [0.25, 0.3) is 5.91 Å². The lowest BCUT2D eigenvalue weighted by molar-refractivity contribution is -0.112. The average Bonchev–Trinajstić information content (AvgIpc) is 2.71. The van der Waals surface area contributed by atoms with Gasteiger partial charge in [-0.15, -0.1) is 0 Å². The Labute approximate surface area is 222 Å². The van der Waals surface area contributed by atoms with Crippen LogP contribution in [-0.4, -0.2) is 5.91 Å². The lowest BCUT2D eigenvalue weighted by Crippen LogP contribution is -2.13. The molecule has 0 radical (unpaired) electrons. The van der Waals surface area contributed by atoms with Gasteiger partial charge in [-0.25, -0.2) is 0 Å². The van der Waals surface area contributed by atoms with Gasteiger partial charge in [0, 0.05) is 9.26 Å². The molecular formula is C24H17I3N2O2. The first-order chi connectivity index (χ1) is 14.9. The Kier molecular flexibility index (Phi) is 8.74. The molecule has 1 N–H and O–H groups in total. The van der Waals surface area contributed by atoms with Gasteiger partial charge < -0.3 is 10.1 Å². The van der Waals surface area contributed by atoms with E-state index in [9.17, 15) is 10.1 Å². The fourth-order valence-electron chi connectivity index (χ4n) is 2.84. The SMILES string of the molecule is Cc1cccc(COc2c(I)cc(/C=C(\C#N)C(=O)Nc3cccc(I)c3)cc2I)c1. The molecule has 0 aliphatic rings. The van der Waals surface area contributed by atoms with Crippen LogP contribution in [-0.2, 0) is 11.4 Å². The number of aryl methyl sites for hydroxylation is 1. The predicted molar refractivity (Wildman–Crippen MR) is 149 cm³/mol. The molecule has 0 aliphatic carbocycles. The summed E-state index contributed by atoms with van der Waals surface area (Å²) >= 11 is 6.61. The summed E-state index contributed by atoms with van der Waals surface area (Å²) in [6.45, 7) is 2.53. The molecule has 0 heterocycles. The van der Waals surface area contributed by atoms with Crippen molar-refractivity contribution in [3.63, 3.8) is 0 Å². The fraction of sp³-hybridized carbons (Fsp3) is 0.0833. The summed E-state index contributed by atoms with van der Waals surface area (Å²) in [7, 11) is 0. The highest BCUT2D eigenvalue weighted by molar-refractivity contribution is 14.1. The highest BCUT2D eigenvalue weighted by Crippen LogP contribution is 2.30. The molecule has 0 saturated heterocycles. The van der Waals surface area contributed by atoms with E-state index in [1.54, 1.807) is 12.1 Å². The third-order valence-electron chi connectivity index (χ3n) is 4.24. The molecule has 3 aromatic rings. The lowest BCUT2D eigenvalue weighted by Gasteiger charge is -2.12. The summed E-state index contributed by atoms with van der Waals surface area (Å²) in [4.78, 5) is 12.6. The van der Waals surface area contributed by atoms with Crippen molar-refractivity contribution >= 4 is 85.4 Å². The number of carbonyl (C=O) groups is 1. The first kappa shape index (κ1) is 24.0. The van der Waals surface area contributed by atoms with Gasteiger partial charge in [0.05, 0.1) is 7.14 Å². The van der Waals surface area contributed by atoms with Crippen LogP contribution in [0.5, 0.6) is 5.75 Å². The monoisotopic (exact) mass is 746 g/mol. The van der Waals surface area contributed by atoms with Crippen LogP contribution in [0.15, 0.2) is 66.2 Å². The van der Waals surface area contributed by atoms with Crippen molar-refractivity contribution in [3.05, 3.63) is 93.6 Å². The second-order valence-corrected chi connectivity index (χ2v) is 10.3. The molecule has 0 spiro atoms. The molecule has 31 heavy (non-hydrogen) atoms. The van der Waals surface area contributed by atoms with Gasteiger partial charge in [0.1, 0.15) is 24.0 Å². The summed E-state index contributed by atoms with van der Waals surface area (Å²) in [6.07, 6.45) is 1.60. The first-order valence-corrected chi connectivity index (χ1v) is 12.5. The number of nitrogens with one attached hydrogen (secondary N) is 1. The Bertz CT molecular complexity index is 1180. The molecule has 1 amide bonds. The molecule has 3 rings (SSSR count). The van der Waals surface area contributed by atoms with Gasteiger partial charge in [-0.05, 0) is 122 Å². The van der Waals surface area contributed by atoms with E-state index in [0.717, 1.165) is 27.6 Å². The number of amides is 1. The molecule has 0 fully saturated rings. The molecule has 0 bridgehead atoms. The zero-order valence-electron chi connectivity index (χ0n) is 16.5. The summed E-state index contributed by atoms with van der Waals surface area (Å²) in [5, 5.41) is 12.3. The summed E-state index contributed by atoms with van der Waals surface area (Å²) < 4.78 is 8.89. The summed E-state index contributed by atoms with van der Waals surface area (Å²) in [5.74, 6) is 0.357. The maximum atomic E-state index is 12.6. The quantitative estimate of drug-likeness (QED) is 0.169. The molecule has 0 unspecified atom stereocenters. The van der Waals surface area contributed by atoms with Crippen molar-refractivity contribution < 1.29 is 9.53 Å². The van der Waals surface area contributed by atoms with Gasteiger partial charge in [0.2, 0.25) is 0 Å². The Hall–Kier alpha value is -1.65. The molecule has 0 aromatic heterocycles. The minimum Gasteiger partial charge on any atom is -0.487 e. The molecule has 7 heteroatoms. The van der Waals surface area contributed by atoms with Crippen molar-refractivity contribution in [2.24, 2.45) is 0 Å². The number of nitriles is 1. The van der Waals surface area contributed by atoms with Crippen LogP contribution in [0.3, 0.4) is 0 Å². The molecular weight excluding hydrogens is 729 g/mol. The predicted octanol–water partition coefficient (Wildman–Crippen LogP) is 6.93. The van der Waals surface area contributed by atoms with E-state index in [1.165, 1.54) is 5.56 Å². The van der Waals surface area contributed by atoms with E-state index < -0.39 is 5.91 Å². The van der Waals surface area contributed by atoms with E-state index in [-0.39, 0.29) is 5.57 Å². The van der Waals surface area contributed by atoms with E-state index in [4.69, 9.17) is 4.74 Å². The maximum Gasteiger partial charge on any atom is 0.266 e. The second kappa shape index (κ2) is 11.3. The first-order valence-electron chi connectivity index (χ1n) is 9.22. The van der Waals surface area contributed by atoms with E-state index in [1.807, 2.05) is 48.5 Å². The van der Waals surface area contributed by atoms with Crippen molar-refractivity contribution in [2.45, 2.75) is 13.5 Å². The number of anilines is 1. The Balaban J connectivity index is 1.77. The van der Waals surface area contributed by atoms with Crippen LogP contribution in [0.25, 0.3) is 6.08 Å². The number of carbonyl (C=O) groups excluding carboxylic acids is 1. The third-order valence-corrected chi connectivity index (χ3v) is 6.52. The number of hydrogen-bond donors (Lipinski definition) is 1. The zero-order valence-corrected chi connectivity index (χ0v) is 22.9. The number of halogens is 3. The van der Waals surface area contributed by atoms with Crippen LogP contribution in [0.2, 0.25) is 0 Å². The highest BCUT2D eigenvalue weighted by Gasteiger charge is 2.13. The minimum atomic E-state index is -0.436. The van der Waals surface area contributed by atoms with Crippen molar-refractivity contribution in [2.75, 3.05) is 5.32 Å². The number of ether oxygens (including phenoxy) is 1. The Morgan fingerprint density at radius 1 is 1.06 bits per heavy atom. The number of benzene rings is 3. The van der Waals surface area contributed by atoms with E-state index in [0.29, 0.717) is 12.3 Å². The number of nitrogens with zero attached hydrogens (tertiary/aromatic N) is 1. The molecule has 0 atom stereocenters. The molecule has 156 valence electrons. The van der Waals surface area contributed by atoms with Crippen LogP contribution in [0, 0.1) is 29.0 Å². The molecule has 4 nitrogen and oxygen atoms in total. The van der Waals surface area contributed by atoms with Gasteiger partial charge in [-0.3, -0.25) is 4.79 Å². The van der Waals surface area contributed by atoms with Gasteiger partial charge in [-0.1, -0.05) is 35.9 Å². The second-order valence-electron chi connectivity index (χ2n) is 6.73. The largest absolute Gasteiger partial charge is 0.487 e. The molecule has 3 aromatic carbocycles. The summed E-state index contributed by atoms with van der Waals surface area (Å²) in [6, 6.07) is 21.5. The van der Waals surface area contributed by atoms with Crippen molar-refractivity contribution in [1.82, 2.24) is 0 Å². The van der Waals surface area contributed by atoms with Crippen LogP contribution < -0.4 is 10.1 Å². The standard InChI is InChI=1S/C24H17I3N2O2/c1-15-4-2-5-16(8-15)14-31-23-21(26)10-17(11-22(23)27)9-18(13-28)24(30)29-20-7-3-6-19(25)12-20/h2-12H,14H2,1H3,(H,29,30)/b18-9+. The molecule has 0 aliphatic heterocycles. The topological polar surface area (TPSA) is 62.1 Å². The van der Waals surface area contributed by atoms with Crippen LogP contribution >= 0.6 is 67.8 Å². The fourth-order valence-corrected chi connectivity index (χ4v) is 5.51. The third kappa shape index (κ3) is 6.92. The highest BCUT2D eigenvalue weighted by atomic mass is 127. The van der Waals surface area contributed by atoms with Gasteiger partial charge in [0.15, 0.2) is 0 Å². The number of hydrogen-bond acceptors (Lipinski definition) is 3.